The van der Waals surface area contributed by atoms with Crippen molar-refractivity contribution < 1.29 is 13.3 Å². The minimum absolute atomic E-state index is 0.768. The smallest absolute Gasteiger partial charge is 0.137 e. The Hall–Kier alpha value is -14.7. The lowest BCUT2D eigenvalue weighted by atomic mass is 10.1. The minimum Gasteiger partial charge on any atom is -0.456 e. The maximum atomic E-state index is 6.27. The van der Waals surface area contributed by atoms with E-state index in [1.807, 2.05) is 108 Å². The molecule has 0 fully saturated rings. The zero-order valence-electron chi connectivity index (χ0n) is 72.1. The molecule has 0 aliphatic rings. The average molecular weight is 1920 g/mol. The normalized spacial score (nSPS) is 11.7. The zero-order valence-corrected chi connectivity index (χ0v) is 79.2. The first-order valence-electron chi connectivity index (χ1n) is 44.5. The van der Waals surface area contributed by atoms with Crippen molar-refractivity contribution in [2.45, 2.75) is 0 Å². The molecule has 0 amide bonds. The molecule has 0 spiro atoms. The van der Waals surface area contributed by atoms with Gasteiger partial charge in [0.2, 0.25) is 0 Å². The number of hydrogen-bond acceptors (Lipinski definition) is 12. The molecule has 28 rings (SSSR count). The summed E-state index contributed by atoms with van der Waals surface area (Å²) in [6.45, 7) is 0. The van der Waals surface area contributed by atoms with Crippen molar-refractivity contribution in [2.75, 3.05) is 19.6 Å². The van der Waals surface area contributed by atoms with Gasteiger partial charge in [0, 0.05) is 234 Å². The van der Waals surface area contributed by atoms with Gasteiger partial charge in [-0.25, -0.2) is 0 Å². The van der Waals surface area contributed by atoms with Crippen LogP contribution in [0.25, 0.3) is 167 Å². The van der Waals surface area contributed by atoms with Gasteiger partial charge in [0.25, 0.3) is 0 Å². The molecule has 0 bridgehead atoms. The third kappa shape index (κ3) is 15.4. The molecule has 136 heavy (non-hydrogen) atoms. The molecule has 20 aromatic carbocycles. The van der Waals surface area contributed by atoms with E-state index < -0.39 is 0 Å². The lowest BCUT2D eigenvalue weighted by molar-refractivity contribution is 0.668. The van der Waals surface area contributed by atoms with Crippen LogP contribution in [0.1, 0.15) is 0 Å². The van der Waals surface area contributed by atoms with Gasteiger partial charge in [-0.1, -0.05) is 216 Å². The van der Waals surface area contributed by atoms with Gasteiger partial charge >= 0.3 is 0 Å². The van der Waals surface area contributed by atoms with Crippen LogP contribution in [0.4, 0.5) is 68.2 Å². The van der Waals surface area contributed by atoms with E-state index in [-0.39, 0.29) is 0 Å². The summed E-state index contributed by atoms with van der Waals surface area (Å²) in [4.78, 5) is 9.22. The fourth-order valence-electron chi connectivity index (χ4n) is 19.0. The van der Waals surface area contributed by atoms with Gasteiger partial charge in [-0.3, -0.25) is 0 Å². The first-order valence-corrected chi connectivity index (χ1v) is 50.1. The molecule has 7 nitrogen and oxygen atoms in total. The van der Waals surface area contributed by atoms with Crippen LogP contribution in [0.2, 0.25) is 20.1 Å². The summed E-state index contributed by atoms with van der Waals surface area (Å²) in [7, 11) is 0. The van der Waals surface area contributed by atoms with E-state index in [9.17, 15) is 0 Å². The quantitative estimate of drug-likeness (QED) is 0.121. The summed E-state index contributed by atoms with van der Waals surface area (Å²) in [6, 6.07) is 153. The van der Waals surface area contributed by atoms with E-state index in [2.05, 4.69) is 359 Å². The van der Waals surface area contributed by atoms with E-state index in [4.69, 9.17) is 59.7 Å². The Balaban J connectivity index is 0.0000000965. The van der Waals surface area contributed by atoms with Crippen LogP contribution >= 0.6 is 103 Å². The highest BCUT2D eigenvalue weighted by molar-refractivity contribution is 7.27. The lowest BCUT2D eigenvalue weighted by Crippen LogP contribution is -2.09. The highest BCUT2D eigenvalue weighted by Gasteiger charge is 2.24. The maximum Gasteiger partial charge on any atom is 0.137 e. The fraction of sp³-hybridized carbons (Fsp3) is 0. The molecule has 0 radical (unpaired) electrons. The summed E-state index contributed by atoms with van der Waals surface area (Å²) in [5.41, 5.74) is 18.7. The molecule has 0 aliphatic heterocycles. The fourth-order valence-corrected chi connectivity index (χ4v) is 25.6. The Morgan fingerprint density at radius 2 is 0.338 bits per heavy atom. The molecule has 0 saturated heterocycles. The Labute approximate surface area is 820 Å². The van der Waals surface area contributed by atoms with Gasteiger partial charge in [-0.2, -0.15) is 0 Å². The first kappa shape index (κ1) is 83.1. The summed E-state index contributed by atoms with van der Waals surface area (Å²) in [6.07, 6.45) is 0. The van der Waals surface area contributed by atoms with Crippen molar-refractivity contribution in [3.05, 3.63) is 457 Å². The lowest BCUT2D eigenvalue weighted by Gasteiger charge is -2.25. The average Bonchev–Trinajstić information content (AvgIpc) is 1.39. The van der Waals surface area contributed by atoms with Gasteiger partial charge in [0.05, 0.1) is 0 Å². The molecule has 8 aromatic heterocycles. The number of hydrogen-bond donors (Lipinski definition) is 0. The van der Waals surface area contributed by atoms with Gasteiger partial charge < -0.3 is 32.9 Å². The number of fused-ring (bicyclic) bond motifs is 24. The van der Waals surface area contributed by atoms with Crippen LogP contribution in [0, 0.1) is 0 Å². The maximum absolute atomic E-state index is 6.27. The molecule has 0 unspecified atom stereocenters. The Morgan fingerprint density at radius 3 is 0.662 bits per heavy atom. The number of thiophene rings is 5. The third-order valence-corrected chi connectivity index (χ3v) is 31.9. The van der Waals surface area contributed by atoms with E-state index >= 15 is 0 Å². The number of anilines is 12. The van der Waals surface area contributed by atoms with Crippen LogP contribution in [0.15, 0.2) is 450 Å². The molecule has 0 aliphatic carbocycles. The molecule has 0 N–H and O–H groups in total. The molecule has 28 aromatic rings. The summed E-state index contributed by atoms with van der Waals surface area (Å²) in [5, 5.41) is 22.4. The zero-order chi connectivity index (χ0) is 90.6. The highest BCUT2D eigenvalue weighted by atomic mass is 35.5. The molecule has 0 atom stereocenters. The number of benzene rings is 20. The second kappa shape index (κ2) is 34.9. The molecular weight excluding hydrogens is 1850 g/mol. The highest BCUT2D eigenvalue weighted by Crippen LogP contribution is 2.50. The van der Waals surface area contributed by atoms with E-state index in [0.29, 0.717) is 0 Å². The van der Waals surface area contributed by atoms with Crippen molar-refractivity contribution in [1.82, 2.24) is 0 Å². The van der Waals surface area contributed by atoms with Gasteiger partial charge in [-0.15, -0.1) is 56.7 Å². The standard InChI is InChI=1S/3C30H18ClNOS.C30H18ClNS2/c2*31-19-10-13-25-26-17-21(12-15-29(26)34-30(25)16-19)32(20-6-2-1-3-7-20)22-11-14-24-23-8-4-5-9-27(23)33-28(24)18-22;2*31-19-10-13-24-26-18-22(12-15-29(26)34-30(24)16-19)32(20-6-2-1-3-7-20)21-11-14-28-25(17-21)23-8-4-5-9-27(23)33-28/h4*1-18H. The topological polar surface area (TPSA) is 52.4 Å². The predicted molar refractivity (Wildman–Crippen MR) is 591 cm³/mol. The van der Waals surface area contributed by atoms with Crippen molar-refractivity contribution in [3.63, 3.8) is 0 Å². The molecule has 0 saturated carbocycles. The number of halogens is 4. The molecule has 648 valence electrons. The van der Waals surface area contributed by atoms with Crippen molar-refractivity contribution in [1.29, 1.82) is 0 Å². The Morgan fingerprint density at radius 1 is 0.132 bits per heavy atom. The minimum atomic E-state index is 0.768. The largest absolute Gasteiger partial charge is 0.456 e. The number of nitrogens with zero attached hydrogens (tertiary/aromatic N) is 4. The number of furan rings is 3. The monoisotopic (exact) mass is 1920 g/mol. The van der Waals surface area contributed by atoms with Crippen molar-refractivity contribution in [3.8, 4) is 0 Å². The van der Waals surface area contributed by atoms with Gasteiger partial charge in [-0.05, 0) is 255 Å². The molecule has 8 heterocycles. The van der Waals surface area contributed by atoms with Crippen LogP contribution < -0.4 is 19.6 Å². The second-order valence-corrected chi connectivity index (χ2v) is 40.7. The van der Waals surface area contributed by atoms with Crippen LogP contribution in [-0.4, -0.2) is 0 Å². The van der Waals surface area contributed by atoms with Gasteiger partial charge in [0.15, 0.2) is 0 Å². The van der Waals surface area contributed by atoms with Crippen molar-refractivity contribution in [2.24, 2.45) is 0 Å². The van der Waals surface area contributed by atoms with Crippen LogP contribution in [-0.2, 0) is 0 Å². The van der Waals surface area contributed by atoms with Crippen molar-refractivity contribution >= 4 is 338 Å². The van der Waals surface area contributed by atoms with E-state index in [1.54, 1.807) is 45.3 Å². The molecular formula is C120H72Cl4N4O3S5. The van der Waals surface area contributed by atoms with E-state index in [1.165, 1.54) is 101 Å². The molecule has 16 heteroatoms. The van der Waals surface area contributed by atoms with Crippen LogP contribution in [0.5, 0.6) is 0 Å². The predicted octanol–water partition coefficient (Wildman–Crippen LogP) is 40.8. The summed E-state index contributed by atoms with van der Waals surface area (Å²) >= 11 is 34.0. The number of rotatable bonds is 12. The first-order chi connectivity index (χ1) is 67.0. The Bertz CT molecular complexity index is 8960. The summed E-state index contributed by atoms with van der Waals surface area (Å²) in [5.74, 6) is 0. The van der Waals surface area contributed by atoms with E-state index in [0.717, 1.165) is 154 Å². The third-order valence-electron chi connectivity index (χ3n) is 25.2. The van der Waals surface area contributed by atoms with Gasteiger partial charge in [0.1, 0.15) is 33.5 Å². The van der Waals surface area contributed by atoms with Crippen LogP contribution in [0.3, 0.4) is 0 Å². The summed E-state index contributed by atoms with van der Waals surface area (Å²) < 4.78 is 31.0. The Kier molecular flexibility index (Phi) is 21.4. The second-order valence-electron chi connectivity index (χ2n) is 33.5. The number of para-hydroxylation sites is 7. The SMILES string of the molecule is Clc1ccc2c(c1)sc1ccc(N(c3ccccc3)c3ccc4c(c3)oc3ccccc34)cc12.Clc1ccc2c(c1)sc1ccc(N(c3ccccc3)c3ccc4c(c3)oc3ccccc34)cc12.Clc1ccc2c(c1)sc1ccc(N(c3ccccc3)c3ccc4oc5ccccc5c4c3)cc12.Clc1ccc2c(c1)sc1ccc(N(c3ccccc3)c3ccc4sc5ccccc5c4c3)cc12.